The van der Waals surface area contributed by atoms with E-state index in [1.807, 2.05) is 18.2 Å². The monoisotopic (exact) mass is 242 g/mol. The molecule has 1 aliphatic heterocycles. The minimum absolute atomic E-state index is 0.0936. The average Bonchev–Trinajstić information content (AvgIpc) is 2.68. The number of nitrogens with zero attached hydrogens (tertiary/aromatic N) is 1. The maximum Gasteiger partial charge on any atom is 0.258 e. The van der Waals surface area contributed by atoms with E-state index in [1.165, 1.54) is 18.2 Å². The molecule has 0 spiro atoms. The van der Waals surface area contributed by atoms with Crippen LogP contribution in [0.4, 0.5) is 15.8 Å². The number of hydrogen-bond donors (Lipinski definition) is 1. The minimum atomic E-state index is -0.402. The van der Waals surface area contributed by atoms with E-state index < -0.39 is 5.82 Å². The summed E-state index contributed by atoms with van der Waals surface area (Å²) in [6.07, 6.45) is 0. The molecule has 3 nitrogen and oxygen atoms in total. The molecule has 0 aromatic heterocycles. The lowest BCUT2D eigenvalue weighted by atomic mass is 10.1. The number of benzene rings is 2. The molecule has 4 heteroatoms. The molecule has 0 unspecified atom stereocenters. The molecule has 1 heterocycles. The van der Waals surface area contributed by atoms with E-state index in [0.29, 0.717) is 17.8 Å². The van der Waals surface area contributed by atoms with Crippen LogP contribution >= 0.6 is 0 Å². The molecule has 0 radical (unpaired) electrons. The van der Waals surface area contributed by atoms with Crippen molar-refractivity contribution in [1.82, 2.24) is 0 Å². The molecule has 1 amide bonds. The molecule has 2 aromatic carbocycles. The molecule has 0 bridgehead atoms. The number of nitrogens with two attached hydrogens (primary N) is 1. The molecule has 18 heavy (non-hydrogen) atoms. The Kier molecular flexibility index (Phi) is 2.30. The standard InChI is InChI=1S/C14H11FN2O/c15-10-5-6-13(12(16)7-10)17-8-9-3-1-2-4-11(9)14(17)18/h1-7H,8,16H2. The van der Waals surface area contributed by atoms with Gasteiger partial charge in [-0.25, -0.2) is 4.39 Å². The Morgan fingerprint density at radius 1 is 1.17 bits per heavy atom. The third-order valence-corrected chi connectivity index (χ3v) is 3.10. The fourth-order valence-corrected chi connectivity index (χ4v) is 2.22. The second kappa shape index (κ2) is 3.84. The molecular weight excluding hydrogens is 231 g/mol. The number of rotatable bonds is 1. The summed E-state index contributed by atoms with van der Waals surface area (Å²) in [5, 5.41) is 0. The second-order valence-electron chi connectivity index (χ2n) is 4.25. The first-order valence-electron chi connectivity index (χ1n) is 5.61. The molecular formula is C14H11FN2O. The molecule has 0 atom stereocenters. The SMILES string of the molecule is Nc1cc(F)ccc1N1Cc2ccccc2C1=O. The Bertz CT molecular complexity index is 639. The number of hydrogen-bond acceptors (Lipinski definition) is 2. The normalized spacial score (nSPS) is 13.8. The summed E-state index contributed by atoms with van der Waals surface area (Å²) in [4.78, 5) is 13.8. The van der Waals surface area contributed by atoms with Crippen LogP contribution in [0.15, 0.2) is 42.5 Å². The first-order chi connectivity index (χ1) is 8.66. The zero-order chi connectivity index (χ0) is 12.7. The van der Waals surface area contributed by atoms with E-state index in [2.05, 4.69) is 0 Å². The van der Waals surface area contributed by atoms with Crippen LogP contribution in [0.1, 0.15) is 15.9 Å². The number of fused-ring (bicyclic) bond motifs is 1. The summed E-state index contributed by atoms with van der Waals surface area (Å²) >= 11 is 0. The molecule has 0 aliphatic carbocycles. The highest BCUT2D eigenvalue weighted by atomic mass is 19.1. The largest absolute Gasteiger partial charge is 0.397 e. The van der Waals surface area contributed by atoms with Crippen LogP contribution in [-0.4, -0.2) is 5.91 Å². The molecule has 2 N–H and O–H groups in total. The number of anilines is 2. The van der Waals surface area contributed by atoms with Gasteiger partial charge in [-0.05, 0) is 29.8 Å². The average molecular weight is 242 g/mol. The van der Waals surface area contributed by atoms with Gasteiger partial charge in [-0.3, -0.25) is 4.79 Å². The van der Waals surface area contributed by atoms with Gasteiger partial charge >= 0.3 is 0 Å². The maximum atomic E-state index is 13.0. The van der Waals surface area contributed by atoms with Gasteiger partial charge < -0.3 is 10.6 Å². The number of halogens is 1. The van der Waals surface area contributed by atoms with Gasteiger partial charge in [0.15, 0.2) is 0 Å². The third-order valence-electron chi connectivity index (χ3n) is 3.10. The predicted octanol–water partition coefficient (Wildman–Crippen LogP) is 2.57. The summed E-state index contributed by atoms with van der Waals surface area (Å²) < 4.78 is 13.0. The van der Waals surface area contributed by atoms with Gasteiger partial charge in [0.1, 0.15) is 5.82 Å². The number of nitrogen functional groups attached to an aromatic ring is 1. The third kappa shape index (κ3) is 1.54. The van der Waals surface area contributed by atoms with Crippen LogP contribution in [0, 0.1) is 5.82 Å². The van der Waals surface area contributed by atoms with Gasteiger partial charge in [-0.2, -0.15) is 0 Å². The highest BCUT2D eigenvalue weighted by molar-refractivity contribution is 6.11. The Morgan fingerprint density at radius 2 is 1.94 bits per heavy atom. The van der Waals surface area contributed by atoms with Crippen molar-refractivity contribution in [2.24, 2.45) is 0 Å². The highest BCUT2D eigenvalue weighted by Gasteiger charge is 2.28. The number of carbonyl (C=O) groups is 1. The van der Waals surface area contributed by atoms with Crippen molar-refractivity contribution in [1.29, 1.82) is 0 Å². The first-order valence-corrected chi connectivity index (χ1v) is 5.61. The van der Waals surface area contributed by atoms with E-state index >= 15 is 0 Å². The van der Waals surface area contributed by atoms with Crippen molar-refractivity contribution in [3.05, 3.63) is 59.4 Å². The molecule has 0 saturated heterocycles. The van der Waals surface area contributed by atoms with Crippen molar-refractivity contribution >= 4 is 17.3 Å². The topological polar surface area (TPSA) is 46.3 Å². The molecule has 0 saturated carbocycles. The van der Waals surface area contributed by atoms with Crippen molar-refractivity contribution < 1.29 is 9.18 Å². The van der Waals surface area contributed by atoms with Gasteiger partial charge in [-0.1, -0.05) is 18.2 Å². The lowest BCUT2D eigenvalue weighted by molar-refractivity contribution is 0.0996. The highest BCUT2D eigenvalue weighted by Crippen LogP contribution is 2.32. The summed E-state index contributed by atoms with van der Waals surface area (Å²) in [5.74, 6) is -0.496. The molecule has 3 rings (SSSR count). The van der Waals surface area contributed by atoms with E-state index in [4.69, 9.17) is 5.73 Å². The summed E-state index contributed by atoms with van der Waals surface area (Å²) in [6, 6.07) is 11.5. The van der Waals surface area contributed by atoms with Gasteiger partial charge in [0, 0.05) is 5.56 Å². The van der Waals surface area contributed by atoms with Gasteiger partial charge in [-0.15, -0.1) is 0 Å². The van der Waals surface area contributed by atoms with Crippen LogP contribution in [0.3, 0.4) is 0 Å². The van der Waals surface area contributed by atoms with Gasteiger partial charge in [0.25, 0.3) is 5.91 Å². The number of amides is 1. The maximum absolute atomic E-state index is 13.0. The zero-order valence-electron chi connectivity index (χ0n) is 9.56. The van der Waals surface area contributed by atoms with E-state index in [9.17, 15) is 9.18 Å². The van der Waals surface area contributed by atoms with Gasteiger partial charge in [0.05, 0.1) is 17.9 Å². The summed E-state index contributed by atoms with van der Waals surface area (Å²) in [5.41, 5.74) is 8.24. The van der Waals surface area contributed by atoms with Crippen molar-refractivity contribution in [3.63, 3.8) is 0 Å². The van der Waals surface area contributed by atoms with Crippen LogP contribution < -0.4 is 10.6 Å². The Balaban J connectivity index is 2.04. The Labute approximate surface area is 104 Å². The summed E-state index contributed by atoms with van der Waals surface area (Å²) in [7, 11) is 0. The van der Waals surface area contributed by atoms with Crippen molar-refractivity contribution in [2.75, 3.05) is 10.6 Å². The predicted molar refractivity (Wildman–Crippen MR) is 67.8 cm³/mol. The summed E-state index contributed by atoms with van der Waals surface area (Å²) in [6.45, 7) is 0.477. The Hall–Kier alpha value is -2.36. The Morgan fingerprint density at radius 3 is 2.67 bits per heavy atom. The van der Waals surface area contributed by atoms with Crippen LogP contribution in [-0.2, 0) is 6.54 Å². The number of carbonyl (C=O) groups excluding carboxylic acids is 1. The van der Waals surface area contributed by atoms with Crippen LogP contribution in [0.2, 0.25) is 0 Å². The van der Waals surface area contributed by atoms with E-state index in [-0.39, 0.29) is 11.6 Å². The zero-order valence-corrected chi connectivity index (χ0v) is 9.56. The van der Waals surface area contributed by atoms with Crippen LogP contribution in [0.25, 0.3) is 0 Å². The lowest BCUT2D eigenvalue weighted by Crippen LogP contribution is -2.24. The fraction of sp³-hybridized carbons (Fsp3) is 0.0714. The van der Waals surface area contributed by atoms with E-state index in [1.54, 1.807) is 11.0 Å². The fourth-order valence-electron chi connectivity index (χ4n) is 2.22. The molecule has 90 valence electrons. The second-order valence-corrected chi connectivity index (χ2v) is 4.25. The smallest absolute Gasteiger partial charge is 0.258 e. The van der Waals surface area contributed by atoms with Crippen molar-refractivity contribution in [3.8, 4) is 0 Å². The minimum Gasteiger partial charge on any atom is -0.397 e. The van der Waals surface area contributed by atoms with Crippen molar-refractivity contribution in [2.45, 2.75) is 6.54 Å². The lowest BCUT2D eigenvalue weighted by Gasteiger charge is -2.17. The molecule has 0 fully saturated rings. The molecule has 1 aliphatic rings. The molecule has 2 aromatic rings. The van der Waals surface area contributed by atoms with Gasteiger partial charge in [0.2, 0.25) is 0 Å². The van der Waals surface area contributed by atoms with Crippen LogP contribution in [0.5, 0.6) is 0 Å². The quantitative estimate of drug-likeness (QED) is 0.781. The van der Waals surface area contributed by atoms with E-state index in [0.717, 1.165) is 5.56 Å². The first kappa shape index (κ1) is 10.8.